The molecule has 0 radical (unpaired) electrons. The summed E-state index contributed by atoms with van der Waals surface area (Å²) in [5, 5.41) is 0. The minimum absolute atomic E-state index is 1.04. The summed E-state index contributed by atoms with van der Waals surface area (Å²) in [7, 11) is 0. The van der Waals surface area contributed by atoms with Crippen molar-refractivity contribution in [1.29, 1.82) is 0 Å². The van der Waals surface area contributed by atoms with Crippen LogP contribution < -0.4 is 0 Å². The van der Waals surface area contributed by atoms with Crippen LogP contribution in [0.25, 0.3) is 0 Å². The zero-order chi connectivity index (χ0) is 11.0. The molecule has 0 spiro atoms. The zero-order valence-electron chi connectivity index (χ0n) is 10.2. The maximum atomic E-state index is 3.77. The van der Waals surface area contributed by atoms with E-state index in [9.17, 15) is 0 Å². The Morgan fingerprint density at radius 3 is 2.21 bits per heavy atom. The number of allylic oxidation sites excluding steroid dienone is 5. The molecule has 0 aromatic heterocycles. The van der Waals surface area contributed by atoms with Crippen molar-refractivity contribution in [3.05, 3.63) is 35.5 Å². The van der Waals surface area contributed by atoms with Crippen molar-refractivity contribution in [2.45, 2.75) is 53.4 Å². The molecule has 0 fully saturated rings. The van der Waals surface area contributed by atoms with E-state index in [1.54, 1.807) is 11.1 Å². The van der Waals surface area contributed by atoms with Crippen LogP contribution in [0.15, 0.2) is 35.5 Å². The Morgan fingerprint density at radius 2 is 1.79 bits per heavy atom. The van der Waals surface area contributed by atoms with Crippen LogP contribution in [-0.4, -0.2) is 0 Å². The van der Waals surface area contributed by atoms with Gasteiger partial charge < -0.3 is 0 Å². The van der Waals surface area contributed by atoms with E-state index in [4.69, 9.17) is 0 Å². The van der Waals surface area contributed by atoms with Gasteiger partial charge in [-0.15, -0.1) is 6.58 Å². The molecule has 0 rings (SSSR count). The van der Waals surface area contributed by atoms with Crippen molar-refractivity contribution < 1.29 is 0 Å². The van der Waals surface area contributed by atoms with Crippen LogP contribution in [0.5, 0.6) is 0 Å². The van der Waals surface area contributed by atoms with Crippen LogP contribution in [0.2, 0.25) is 0 Å². The van der Waals surface area contributed by atoms with Crippen molar-refractivity contribution in [3.8, 4) is 0 Å². The topological polar surface area (TPSA) is 0 Å². The number of hydrogen-bond donors (Lipinski definition) is 0. The highest BCUT2D eigenvalue weighted by molar-refractivity contribution is 5.13. The van der Waals surface area contributed by atoms with E-state index in [-0.39, 0.29) is 0 Å². The highest BCUT2D eigenvalue weighted by atomic mass is 14.0. The predicted octanol–water partition coefficient (Wildman–Crippen LogP) is 5.04. The maximum Gasteiger partial charge on any atom is -0.0142 e. The first-order valence-corrected chi connectivity index (χ1v) is 5.55. The Hall–Kier alpha value is -0.780. The molecule has 0 nitrogen and oxygen atoms in total. The third-order valence-corrected chi connectivity index (χ3v) is 2.89. The van der Waals surface area contributed by atoms with Crippen LogP contribution in [0.4, 0.5) is 0 Å². The van der Waals surface area contributed by atoms with Crippen LogP contribution in [-0.2, 0) is 0 Å². The van der Waals surface area contributed by atoms with Gasteiger partial charge in [0.25, 0.3) is 0 Å². The first-order valence-electron chi connectivity index (χ1n) is 5.55. The standard InChI is InChI=1S/C14H24/c1-6-9-14(8-3)11-10-13(5)12(4)7-2/h6,8H,1,7,9-11H2,2-5H3/b13-12-,14-8-. The summed E-state index contributed by atoms with van der Waals surface area (Å²) >= 11 is 0. The second-order valence-electron chi connectivity index (χ2n) is 3.85. The lowest BCUT2D eigenvalue weighted by atomic mass is 9.99. The van der Waals surface area contributed by atoms with Gasteiger partial charge in [0.05, 0.1) is 0 Å². The monoisotopic (exact) mass is 192 g/mol. The van der Waals surface area contributed by atoms with Gasteiger partial charge in [-0.1, -0.05) is 35.8 Å². The van der Waals surface area contributed by atoms with Gasteiger partial charge in [0.2, 0.25) is 0 Å². The first-order chi connectivity index (χ1) is 6.65. The zero-order valence-corrected chi connectivity index (χ0v) is 10.2. The molecule has 80 valence electrons. The lowest BCUT2D eigenvalue weighted by Gasteiger charge is -2.07. The average molecular weight is 192 g/mol. The molecule has 0 bridgehead atoms. The molecule has 0 heteroatoms. The molecule has 0 aliphatic carbocycles. The Bertz CT molecular complexity index is 228. The quantitative estimate of drug-likeness (QED) is 0.517. The third-order valence-electron chi connectivity index (χ3n) is 2.89. The summed E-state index contributed by atoms with van der Waals surface area (Å²) in [6, 6.07) is 0. The fourth-order valence-corrected chi connectivity index (χ4v) is 1.41. The molecule has 0 aromatic carbocycles. The molecule has 0 amide bonds. The van der Waals surface area contributed by atoms with Gasteiger partial charge in [0.15, 0.2) is 0 Å². The minimum Gasteiger partial charge on any atom is -0.103 e. The lowest BCUT2D eigenvalue weighted by molar-refractivity contribution is 0.868. The Kier molecular flexibility index (Phi) is 7.18. The van der Waals surface area contributed by atoms with Crippen molar-refractivity contribution in [1.82, 2.24) is 0 Å². The second-order valence-corrected chi connectivity index (χ2v) is 3.85. The van der Waals surface area contributed by atoms with Gasteiger partial charge in [-0.3, -0.25) is 0 Å². The van der Waals surface area contributed by atoms with Crippen LogP contribution in [0, 0.1) is 0 Å². The van der Waals surface area contributed by atoms with E-state index in [2.05, 4.69) is 40.3 Å². The third kappa shape index (κ3) is 5.06. The van der Waals surface area contributed by atoms with E-state index < -0.39 is 0 Å². The van der Waals surface area contributed by atoms with Gasteiger partial charge in [0, 0.05) is 0 Å². The lowest BCUT2D eigenvalue weighted by Crippen LogP contribution is -1.87. The largest absolute Gasteiger partial charge is 0.103 e. The van der Waals surface area contributed by atoms with E-state index in [0.29, 0.717) is 0 Å². The van der Waals surface area contributed by atoms with E-state index in [0.717, 1.165) is 6.42 Å². The fraction of sp³-hybridized carbons (Fsp3) is 0.571. The minimum atomic E-state index is 1.04. The SMILES string of the molecule is C=CC/C(=C/C)CC/C(C)=C(/C)CC. The molecule has 0 unspecified atom stereocenters. The van der Waals surface area contributed by atoms with Gasteiger partial charge in [0.1, 0.15) is 0 Å². The van der Waals surface area contributed by atoms with Crippen LogP contribution in [0.3, 0.4) is 0 Å². The summed E-state index contributed by atoms with van der Waals surface area (Å²) in [4.78, 5) is 0. The molecule has 0 atom stereocenters. The summed E-state index contributed by atoms with van der Waals surface area (Å²) in [5.74, 6) is 0. The summed E-state index contributed by atoms with van der Waals surface area (Å²) < 4.78 is 0. The Balaban J connectivity index is 4.10. The molecule has 0 saturated carbocycles. The van der Waals surface area contributed by atoms with Gasteiger partial charge in [-0.2, -0.15) is 0 Å². The molecule has 0 aliphatic heterocycles. The summed E-state index contributed by atoms with van der Waals surface area (Å²) in [6.45, 7) is 12.6. The molecule has 0 N–H and O–H groups in total. The molecule has 0 aliphatic rings. The average Bonchev–Trinajstić information content (AvgIpc) is 2.22. The van der Waals surface area contributed by atoms with Crippen molar-refractivity contribution >= 4 is 0 Å². The summed E-state index contributed by atoms with van der Waals surface area (Å²) in [6.07, 6.45) is 8.81. The Labute approximate surface area is 89.4 Å². The Morgan fingerprint density at radius 1 is 1.14 bits per heavy atom. The van der Waals surface area contributed by atoms with Gasteiger partial charge >= 0.3 is 0 Å². The van der Waals surface area contributed by atoms with Crippen molar-refractivity contribution in [2.24, 2.45) is 0 Å². The normalized spacial score (nSPS) is 13.9. The smallest absolute Gasteiger partial charge is 0.0142 e. The summed E-state index contributed by atoms with van der Waals surface area (Å²) in [5.41, 5.74) is 4.60. The van der Waals surface area contributed by atoms with Gasteiger partial charge in [-0.05, 0) is 46.5 Å². The van der Waals surface area contributed by atoms with E-state index in [1.165, 1.54) is 24.8 Å². The van der Waals surface area contributed by atoms with Crippen LogP contribution in [0.1, 0.15) is 53.4 Å². The predicted molar refractivity (Wildman–Crippen MR) is 66.5 cm³/mol. The first kappa shape index (κ1) is 13.2. The molecule has 14 heavy (non-hydrogen) atoms. The van der Waals surface area contributed by atoms with Crippen molar-refractivity contribution in [3.63, 3.8) is 0 Å². The molecule has 0 saturated heterocycles. The highest BCUT2D eigenvalue weighted by Crippen LogP contribution is 2.18. The molecule has 0 aromatic rings. The number of rotatable bonds is 6. The van der Waals surface area contributed by atoms with E-state index in [1.807, 2.05) is 6.08 Å². The van der Waals surface area contributed by atoms with Crippen LogP contribution >= 0.6 is 0 Å². The molecule has 0 heterocycles. The van der Waals surface area contributed by atoms with E-state index >= 15 is 0 Å². The molecular weight excluding hydrogens is 168 g/mol. The van der Waals surface area contributed by atoms with Crippen molar-refractivity contribution in [2.75, 3.05) is 0 Å². The maximum absolute atomic E-state index is 3.77. The highest BCUT2D eigenvalue weighted by Gasteiger charge is 1.98. The fourth-order valence-electron chi connectivity index (χ4n) is 1.41. The second kappa shape index (κ2) is 7.61. The molecular formula is C14H24. The van der Waals surface area contributed by atoms with Gasteiger partial charge in [-0.25, -0.2) is 0 Å². The number of hydrogen-bond acceptors (Lipinski definition) is 0.